The number of benzene rings is 3. The fourth-order valence-corrected chi connectivity index (χ4v) is 5.29. The zero-order chi connectivity index (χ0) is 24.2. The lowest BCUT2D eigenvalue weighted by molar-refractivity contribution is 0.00706. The van der Waals surface area contributed by atoms with Gasteiger partial charge in [-0.3, -0.25) is 0 Å². The number of imidazole rings is 1. The fraction of sp³-hybridized carbons (Fsp3) is 0.214. The van der Waals surface area contributed by atoms with Crippen LogP contribution in [0.3, 0.4) is 0 Å². The van der Waals surface area contributed by atoms with Crippen LogP contribution in [-0.2, 0) is 9.47 Å². The zero-order valence-electron chi connectivity index (χ0n) is 19.1. The highest BCUT2D eigenvalue weighted by molar-refractivity contribution is 6.33. The van der Waals surface area contributed by atoms with Gasteiger partial charge in [-0.15, -0.1) is 0 Å². The third-order valence-corrected chi connectivity index (χ3v) is 7.18. The highest BCUT2D eigenvalue weighted by Crippen LogP contribution is 2.33. The number of hydrogen-bond acceptors (Lipinski definition) is 6. The molecule has 0 aliphatic carbocycles. The van der Waals surface area contributed by atoms with Crippen LogP contribution in [0.5, 0.6) is 6.01 Å². The van der Waals surface area contributed by atoms with Crippen molar-refractivity contribution in [2.75, 3.05) is 13.2 Å². The van der Waals surface area contributed by atoms with Crippen LogP contribution in [0.4, 0.5) is 0 Å². The summed E-state index contributed by atoms with van der Waals surface area (Å²) in [7, 11) is 0. The van der Waals surface area contributed by atoms with Gasteiger partial charge in [-0.25, -0.2) is 4.98 Å². The number of halogens is 1. The molecule has 7 rings (SSSR count). The SMILES string of the molecule is O[C@@H]1CO[C@H]2[C@@H]1OC[C@H]2Oc1nc2nc(-c3ccc(-c4ccc5ccccc5c4)cc3)c(Cl)cc2[nH]1. The Hall–Kier alpha value is -3.49. The van der Waals surface area contributed by atoms with Crippen LogP contribution in [-0.4, -0.2) is 57.7 Å². The summed E-state index contributed by atoms with van der Waals surface area (Å²) in [5.41, 5.74) is 5.01. The maximum absolute atomic E-state index is 9.94. The molecule has 7 nitrogen and oxygen atoms in total. The summed E-state index contributed by atoms with van der Waals surface area (Å²) in [6, 6.07) is 25.1. The number of aliphatic hydroxyl groups excluding tert-OH is 1. The summed E-state index contributed by atoms with van der Waals surface area (Å²) in [5, 5.41) is 12.9. The van der Waals surface area contributed by atoms with Crippen LogP contribution in [0.1, 0.15) is 0 Å². The summed E-state index contributed by atoms with van der Waals surface area (Å²) >= 11 is 6.61. The molecule has 2 N–H and O–H groups in total. The van der Waals surface area contributed by atoms with Gasteiger partial charge in [0.2, 0.25) is 0 Å². The molecule has 0 unspecified atom stereocenters. The van der Waals surface area contributed by atoms with Crippen molar-refractivity contribution in [3.05, 3.63) is 77.8 Å². The van der Waals surface area contributed by atoms with Crippen LogP contribution in [0.15, 0.2) is 72.8 Å². The predicted molar refractivity (Wildman–Crippen MR) is 137 cm³/mol. The summed E-state index contributed by atoms with van der Waals surface area (Å²) in [5.74, 6) is 0. The summed E-state index contributed by atoms with van der Waals surface area (Å²) in [6.07, 6.45) is -1.67. The van der Waals surface area contributed by atoms with E-state index in [-0.39, 0.29) is 24.9 Å². The molecule has 2 saturated heterocycles. The van der Waals surface area contributed by atoms with Gasteiger partial charge in [0.25, 0.3) is 6.01 Å². The molecule has 0 amide bonds. The van der Waals surface area contributed by atoms with Crippen molar-refractivity contribution in [2.24, 2.45) is 0 Å². The number of aliphatic hydroxyl groups is 1. The maximum Gasteiger partial charge on any atom is 0.296 e. The molecular formula is C28H22ClN3O4. The number of H-pyrrole nitrogens is 1. The Morgan fingerprint density at radius 2 is 1.58 bits per heavy atom. The van der Waals surface area contributed by atoms with E-state index in [9.17, 15) is 5.11 Å². The number of fused-ring (bicyclic) bond motifs is 3. The molecule has 0 radical (unpaired) electrons. The average Bonchev–Trinajstić information content (AvgIpc) is 3.60. The Morgan fingerprint density at radius 1 is 0.833 bits per heavy atom. The standard InChI is InChI=1S/C28H22ClN3O4/c29-20-12-21-27(32-28(30-21)36-23-14-35-25-22(33)13-34-26(23)25)31-24(20)17-8-5-16(6-9-17)19-10-7-15-3-1-2-4-18(15)11-19/h1-12,22-23,25-26,33H,13-14H2,(H,30,31,32)/t22-,23-,25-,26-/m1/s1. The number of ether oxygens (including phenoxy) is 3. The number of nitrogens with zero attached hydrogens (tertiary/aromatic N) is 2. The Balaban J connectivity index is 1.15. The number of pyridine rings is 1. The van der Waals surface area contributed by atoms with Gasteiger partial charge in [-0.05, 0) is 34.0 Å². The molecular weight excluding hydrogens is 478 g/mol. The van der Waals surface area contributed by atoms with E-state index < -0.39 is 6.10 Å². The highest BCUT2D eigenvalue weighted by Gasteiger charge is 2.48. The van der Waals surface area contributed by atoms with Gasteiger partial charge < -0.3 is 24.3 Å². The van der Waals surface area contributed by atoms with Crippen LogP contribution in [0.2, 0.25) is 5.02 Å². The van der Waals surface area contributed by atoms with Crippen molar-refractivity contribution in [3.63, 3.8) is 0 Å². The quantitative estimate of drug-likeness (QED) is 0.361. The molecule has 180 valence electrons. The number of rotatable bonds is 4. The fourth-order valence-electron chi connectivity index (χ4n) is 5.03. The molecule has 5 aromatic rings. The second-order valence-corrected chi connectivity index (χ2v) is 9.60. The van der Waals surface area contributed by atoms with Gasteiger partial charge in [0.1, 0.15) is 18.3 Å². The van der Waals surface area contributed by atoms with Gasteiger partial charge in [-0.1, -0.05) is 72.3 Å². The first-order chi connectivity index (χ1) is 17.6. The maximum atomic E-state index is 9.94. The molecule has 0 spiro atoms. The lowest BCUT2D eigenvalue weighted by Crippen LogP contribution is -2.34. The molecule has 0 saturated carbocycles. The number of aromatic nitrogens is 3. The predicted octanol–water partition coefficient (Wildman–Crippen LogP) is 5.00. The molecule has 0 bridgehead atoms. The smallest absolute Gasteiger partial charge is 0.296 e. The Kier molecular flexibility index (Phi) is 5.18. The van der Waals surface area contributed by atoms with Gasteiger partial charge in [0.15, 0.2) is 11.8 Å². The monoisotopic (exact) mass is 499 g/mol. The molecule has 4 heterocycles. The van der Waals surface area contributed by atoms with Crippen molar-refractivity contribution in [2.45, 2.75) is 24.4 Å². The van der Waals surface area contributed by atoms with E-state index in [0.29, 0.717) is 34.5 Å². The van der Waals surface area contributed by atoms with E-state index in [0.717, 1.165) is 16.7 Å². The normalized spacial score (nSPS) is 23.4. The topological polar surface area (TPSA) is 89.5 Å². The highest BCUT2D eigenvalue weighted by atomic mass is 35.5. The van der Waals surface area contributed by atoms with Crippen LogP contribution >= 0.6 is 11.6 Å². The molecule has 2 aliphatic heterocycles. The summed E-state index contributed by atoms with van der Waals surface area (Å²) < 4.78 is 17.2. The van der Waals surface area contributed by atoms with E-state index in [1.807, 2.05) is 18.2 Å². The molecule has 2 fully saturated rings. The van der Waals surface area contributed by atoms with Crippen LogP contribution in [0, 0.1) is 0 Å². The average molecular weight is 500 g/mol. The summed E-state index contributed by atoms with van der Waals surface area (Å²) in [4.78, 5) is 12.3. The van der Waals surface area contributed by atoms with E-state index >= 15 is 0 Å². The molecule has 2 aliphatic rings. The van der Waals surface area contributed by atoms with Crippen molar-refractivity contribution in [1.29, 1.82) is 0 Å². The van der Waals surface area contributed by atoms with E-state index in [1.54, 1.807) is 6.07 Å². The number of nitrogens with one attached hydrogen (secondary N) is 1. The first-order valence-electron chi connectivity index (χ1n) is 11.9. The first kappa shape index (κ1) is 21.8. The van der Waals surface area contributed by atoms with Crippen molar-refractivity contribution in [3.8, 4) is 28.4 Å². The van der Waals surface area contributed by atoms with Gasteiger partial charge in [-0.2, -0.15) is 4.98 Å². The van der Waals surface area contributed by atoms with Crippen LogP contribution in [0.25, 0.3) is 44.3 Å². The minimum Gasteiger partial charge on any atom is -0.456 e. The Bertz CT molecular complexity index is 1590. The minimum absolute atomic E-state index is 0.246. The second kappa shape index (κ2) is 8.57. The van der Waals surface area contributed by atoms with E-state index in [4.69, 9.17) is 30.8 Å². The largest absolute Gasteiger partial charge is 0.456 e. The lowest BCUT2D eigenvalue weighted by atomic mass is 9.99. The zero-order valence-corrected chi connectivity index (χ0v) is 19.9. The molecule has 36 heavy (non-hydrogen) atoms. The van der Waals surface area contributed by atoms with Crippen molar-refractivity contribution in [1.82, 2.24) is 15.0 Å². The van der Waals surface area contributed by atoms with Gasteiger partial charge in [0.05, 0.1) is 29.4 Å². The van der Waals surface area contributed by atoms with Gasteiger partial charge in [0, 0.05) is 5.56 Å². The molecule has 8 heteroatoms. The third-order valence-electron chi connectivity index (χ3n) is 6.89. The lowest BCUT2D eigenvalue weighted by Gasteiger charge is -2.15. The summed E-state index contributed by atoms with van der Waals surface area (Å²) in [6.45, 7) is 0.571. The molecule has 2 aromatic heterocycles. The second-order valence-electron chi connectivity index (χ2n) is 9.19. The van der Waals surface area contributed by atoms with Crippen molar-refractivity contribution >= 4 is 33.5 Å². The Morgan fingerprint density at radius 3 is 2.44 bits per heavy atom. The van der Waals surface area contributed by atoms with Crippen molar-refractivity contribution < 1.29 is 19.3 Å². The minimum atomic E-state index is -0.630. The first-order valence-corrected chi connectivity index (χ1v) is 12.2. The van der Waals surface area contributed by atoms with E-state index in [2.05, 4.69) is 58.5 Å². The van der Waals surface area contributed by atoms with Gasteiger partial charge >= 0.3 is 0 Å². The van der Waals surface area contributed by atoms with Crippen LogP contribution < -0.4 is 4.74 Å². The van der Waals surface area contributed by atoms with E-state index in [1.165, 1.54) is 10.8 Å². The third kappa shape index (κ3) is 3.72. The Labute approximate surface area is 211 Å². The molecule has 3 aromatic carbocycles. The number of hydrogen-bond donors (Lipinski definition) is 2. The molecule has 4 atom stereocenters. The number of aromatic amines is 1.